The first-order valence-electron chi connectivity index (χ1n) is 7.32. The Balaban J connectivity index is 1.68. The minimum absolute atomic E-state index is 0.336. The highest BCUT2D eigenvalue weighted by Crippen LogP contribution is 2.19. The van der Waals surface area contributed by atoms with E-state index in [-0.39, 0.29) is 6.09 Å². The quantitative estimate of drug-likeness (QED) is 0.905. The first-order valence-corrected chi connectivity index (χ1v) is 7.70. The summed E-state index contributed by atoms with van der Waals surface area (Å²) in [5, 5.41) is 3.52. The molecule has 0 saturated carbocycles. The molecule has 0 aromatic heterocycles. The molecular formula is C15H22ClN3O2. The van der Waals surface area contributed by atoms with E-state index in [0.717, 1.165) is 37.7 Å². The van der Waals surface area contributed by atoms with Crippen LogP contribution in [0, 0.1) is 0 Å². The van der Waals surface area contributed by atoms with Crippen LogP contribution in [-0.2, 0) is 4.74 Å². The lowest BCUT2D eigenvalue weighted by molar-refractivity contribution is 0.150. The zero-order valence-corrected chi connectivity index (χ0v) is 13.1. The number of hydrogen-bond donors (Lipinski definition) is 1. The highest BCUT2D eigenvalue weighted by Gasteiger charge is 2.16. The third kappa shape index (κ3) is 5.10. The average molecular weight is 312 g/mol. The van der Waals surface area contributed by atoms with E-state index < -0.39 is 0 Å². The van der Waals surface area contributed by atoms with Crippen molar-refractivity contribution in [3.63, 3.8) is 0 Å². The fraction of sp³-hybridized carbons (Fsp3) is 0.533. The number of rotatable bonds is 5. The van der Waals surface area contributed by atoms with E-state index in [9.17, 15) is 4.79 Å². The Morgan fingerprint density at radius 2 is 1.90 bits per heavy atom. The van der Waals surface area contributed by atoms with E-state index in [1.165, 1.54) is 5.69 Å². The summed E-state index contributed by atoms with van der Waals surface area (Å²) < 4.78 is 4.83. The molecule has 5 nitrogen and oxygen atoms in total. The van der Waals surface area contributed by atoms with Crippen LogP contribution in [0.5, 0.6) is 0 Å². The van der Waals surface area contributed by atoms with Gasteiger partial charge in [-0.15, -0.1) is 0 Å². The van der Waals surface area contributed by atoms with Crippen molar-refractivity contribution in [1.29, 1.82) is 0 Å². The first kappa shape index (κ1) is 15.9. The third-order valence-electron chi connectivity index (χ3n) is 3.54. The number of amides is 1. The Morgan fingerprint density at radius 3 is 2.52 bits per heavy atom. The second-order valence-electron chi connectivity index (χ2n) is 4.95. The van der Waals surface area contributed by atoms with Crippen LogP contribution in [0.15, 0.2) is 24.3 Å². The molecular weight excluding hydrogens is 290 g/mol. The summed E-state index contributed by atoms with van der Waals surface area (Å²) in [5.41, 5.74) is 1.21. The molecule has 1 N–H and O–H groups in total. The first-order chi connectivity index (χ1) is 10.2. The predicted octanol–water partition coefficient (Wildman–Crippen LogP) is 2.21. The molecule has 21 heavy (non-hydrogen) atoms. The molecule has 0 unspecified atom stereocenters. The number of hydrogen-bond acceptors (Lipinski definition) is 4. The van der Waals surface area contributed by atoms with Crippen molar-refractivity contribution in [2.75, 3.05) is 50.8 Å². The second-order valence-corrected chi connectivity index (χ2v) is 5.39. The number of ether oxygens (including phenoxy) is 1. The van der Waals surface area contributed by atoms with Gasteiger partial charge in [-0.25, -0.2) is 4.79 Å². The van der Waals surface area contributed by atoms with Crippen LogP contribution in [0.4, 0.5) is 10.5 Å². The van der Waals surface area contributed by atoms with Crippen LogP contribution < -0.4 is 10.2 Å². The smallest absolute Gasteiger partial charge is 0.407 e. The summed E-state index contributed by atoms with van der Waals surface area (Å²) in [6.07, 6.45) is -0.336. The van der Waals surface area contributed by atoms with Gasteiger partial charge in [0.05, 0.1) is 6.61 Å². The number of alkyl carbamates (subject to hydrolysis) is 1. The molecule has 1 aromatic carbocycles. The number of nitrogens with zero attached hydrogens (tertiary/aromatic N) is 2. The van der Waals surface area contributed by atoms with Gasteiger partial charge in [-0.2, -0.15) is 0 Å². The van der Waals surface area contributed by atoms with E-state index in [0.29, 0.717) is 13.2 Å². The Morgan fingerprint density at radius 1 is 1.24 bits per heavy atom. The van der Waals surface area contributed by atoms with Crippen LogP contribution in [-0.4, -0.2) is 56.9 Å². The highest BCUT2D eigenvalue weighted by atomic mass is 35.5. The third-order valence-corrected chi connectivity index (χ3v) is 3.79. The van der Waals surface area contributed by atoms with Crippen molar-refractivity contribution in [2.24, 2.45) is 0 Å². The normalized spacial score (nSPS) is 15.8. The van der Waals surface area contributed by atoms with Gasteiger partial charge in [-0.05, 0) is 31.2 Å². The fourth-order valence-electron chi connectivity index (χ4n) is 2.38. The topological polar surface area (TPSA) is 44.8 Å². The molecule has 1 saturated heterocycles. The van der Waals surface area contributed by atoms with Crippen molar-refractivity contribution in [3.8, 4) is 0 Å². The molecule has 2 rings (SSSR count). The summed E-state index contributed by atoms with van der Waals surface area (Å²) in [4.78, 5) is 15.9. The predicted molar refractivity (Wildman–Crippen MR) is 85.1 cm³/mol. The molecule has 1 aliphatic rings. The van der Waals surface area contributed by atoms with E-state index in [2.05, 4.69) is 27.2 Å². The Hall–Kier alpha value is -1.46. The summed E-state index contributed by atoms with van der Waals surface area (Å²) in [6, 6.07) is 7.96. The van der Waals surface area contributed by atoms with Crippen molar-refractivity contribution >= 4 is 23.4 Å². The van der Waals surface area contributed by atoms with Gasteiger partial charge < -0.3 is 15.0 Å². The Kier molecular flexibility index (Phi) is 6.14. The Labute approximate surface area is 130 Å². The second kappa shape index (κ2) is 8.10. The van der Waals surface area contributed by atoms with Gasteiger partial charge in [-0.1, -0.05) is 11.6 Å². The minimum atomic E-state index is -0.336. The van der Waals surface area contributed by atoms with Crippen LogP contribution in [0.25, 0.3) is 0 Å². The van der Waals surface area contributed by atoms with Crippen molar-refractivity contribution in [3.05, 3.63) is 29.3 Å². The van der Waals surface area contributed by atoms with Crippen LogP contribution >= 0.6 is 11.6 Å². The molecule has 0 atom stereocenters. The monoisotopic (exact) mass is 311 g/mol. The summed E-state index contributed by atoms with van der Waals surface area (Å²) in [7, 11) is 0. The van der Waals surface area contributed by atoms with Crippen molar-refractivity contribution in [2.45, 2.75) is 6.92 Å². The lowest BCUT2D eigenvalue weighted by Gasteiger charge is -2.36. The van der Waals surface area contributed by atoms with Gasteiger partial charge in [0.2, 0.25) is 0 Å². The average Bonchev–Trinajstić information content (AvgIpc) is 2.49. The van der Waals surface area contributed by atoms with Crippen molar-refractivity contribution < 1.29 is 9.53 Å². The number of piperazine rings is 1. The number of halogens is 1. The molecule has 1 heterocycles. The van der Waals surface area contributed by atoms with Gasteiger partial charge in [0, 0.05) is 50.0 Å². The molecule has 1 aromatic rings. The molecule has 1 aliphatic heterocycles. The molecule has 0 bridgehead atoms. The van der Waals surface area contributed by atoms with E-state index in [4.69, 9.17) is 16.3 Å². The largest absolute Gasteiger partial charge is 0.450 e. The number of benzene rings is 1. The van der Waals surface area contributed by atoms with Crippen molar-refractivity contribution in [1.82, 2.24) is 10.2 Å². The lowest BCUT2D eigenvalue weighted by atomic mass is 10.2. The standard InChI is InChI=1S/C15H22ClN3O2/c1-2-21-15(20)17-7-8-18-9-11-19(12-10-18)14-5-3-13(16)4-6-14/h3-6H,2,7-12H2,1H3,(H,17,20). The summed E-state index contributed by atoms with van der Waals surface area (Å²) in [5.74, 6) is 0. The maximum Gasteiger partial charge on any atom is 0.407 e. The number of nitrogens with one attached hydrogen (secondary N) is 1. The molecule has 0 radical (unpaired) electrons. The summed E-state index contributed by atoms with van der Waals surface area (Å²) >= 11 is 5.91. The highest BCUT2D eigenvalue weighted by molar-refractivity contribution is 6.30. The number of anilines is 1. The minimum Gasteiger partial charge on any atom is -0.450 e. The van der Waals surface area contributed by atoms with E-state index in [1.807, 2.05) is 12.1 Å². The van der Waals surface area contributed by atoms with Gasteiger partial charge in [0.1, 0.15) is 0 Å². The zero-order valence-electron chi connectivity index (χ0n) is 12.3. The SMILES string of the molecule is CCOC(=O)NCCN1CCN(c2ccc(Cl)cc2)CC1. The van der Waals surface area contributed by atoms with Crippen LogP contribution in [0.1, 0.15) is 6.92 Å². The molecule has 6 heteroatoms. The molecule has 0 aliphatic carbocycles. The number of carbonyl (C=O) groups is 1. The molecule has 1 fully saturated rings. The van der Waals surface area contributed by atoms with E-state index >= 15 is 0 Å². The zero-order chi connectivity index (χ0) is 15.1. The lowest BCUT2D eigenvalue weighted by Crippen LogP contribution is -2.48. The van der Waals surface area contributed by atoms with Gasteiger partial charge in [-0.3, -0.25) is 4.90 Å². The van der Waals surface area contributed by atoms with Crippen LogP contribution in [0.2, 0.25) is 5.02 Å². The summed E-state index contributed by atoms with van der Waals surface area (Å²) in [6.45, 7) is 7.65. The molecule has 0 spiro atoms. The van der Waals surface area contributed by atoms with Gasteiger partial charge in [0.15, 0.2) is 0 Å². The maximum absolute atomic E-state index is 11.2. The van der Waals surface area contributed by atoms with Gasteiger partial charge in [0.25, 0.3) is 0 Å². The molecule has 116 valence electrons. The molecule has 1 amide bonds. The Bertz CT molecular complexity index is 445. The fourth-order valence-corrected chi connectivity index (χ4v) is 2.51. The van der Waals surface area contributed by atoms with Gasteiger partial charge >= 0.3 is 6.09 Å². The van der Waals surface area contributed by atoms with Crippen LogP contribution in [0.3, 0.4) is 0 Å². The van der Waals surface area contributed by atoms with E-state index in [1.54, 1.807) is 6.92 Å². The number of carbonyl (C=O) groups excluding carboxylic acids is 1. The maximum atomic E-state index is 11.2.